The van der Waals surface area contributed by atoms with Crippen molar-refractivity contribution in [3.05, 3.63) is 254 Å². The standard InChI is InChI=1S/C70H58N4/c1-69(2,3)47-35-39-63-59(43-47)61-45-53(37-41-65(61)73(63)51-27-15-9-16-28-51)71(49-23-11-7-12-24-49)67-55-31-19-21-33-57(55)68(58-34-22-20-32-56(58)67)72(50-25-13-8-14-26-50)54-38-42-66-62(46-54)60-44-48(70(4,5)6)36-40-64(60)74(66)52-29-17-10-18-30-52/h7-46H,1-6H3. The van der Waals surface area contributed by atoms with Crippen LogP contribution in [0.2, 0.25) is 0 Å². The lowest BCUT2D eigenvalue weighted by Gasteiger charge is -2.33. The molecule has 13 rings (SSSR count). The van der Waals surface area contributed by atoms with E-state index < -0.39 is 0 Å². The van der Waals surface area contributed by atoms with Crippen molar-refractivity contribution >= 4 is 99.3 Å². The van der Waals surface area contributed by atoms with Crippen LogP contribution in [-0.2, 0) is 10.8 Å². The third-order valence-electron chi connectivity index (χ3n) is 15.1. The van der Waals surface area contributed by atoms with Crippen molar-refractivity contribution in [2.75, 3.05) is 9.80 Å². The Kier molecular flexibility index (Phi) is 10.6. The van der Waals surface area contributed by atoms with Crippen LogP contribution in [0.4, 0.5) is 34.1 Å². The van der Waals surface area contributed by atoms with Crippen LogP contribution in [0.15, 0.2) is 243 Å². The summed E-state index contributed by atoms with van der Waals surface area (Å²) in [5.74, 6) is 0. The maximum atomic E-state index is 2.50. The van der Waals surface area contributed by atoms with E-state index >= 15 is 0 Å². The molecule has 4 heteroatoms. The van der Waals surface area contributed by atoms with Gasteiger partial charge in [-0.25, -0.2) is 0 Å². The molecule has 0 amide bonds. The predicted octanol–water partition coefficient (Wildman–Crippen LogP) is 19.7. The molecule has 0 unspecified atom stereocenters. The molecule has 358 valence electrons. The average Bonchev–Trinajstić information content (AvgIpc) is 3.94. The van der Waals surface area contributed by atoms with Crippen molar-refractivity contribution in [3.8, 4) is 11.4 Å². The fourth-order valence-electron chi connectivity index (χ4n) is 11.5. The van der Waals surface area contributed by atoms with Gasteiger partial charge in [0, 0.05) is 77.2 Å². The molecule has 0 N–H and O–H groups in total. The van der Waals surface area contributed by atoms with Gasteiger partial charge in [-0.3, -0.25) is 0 Å². The lowest BCUT2D eigenvalue weighted by molar-refractivity contribution is 0.591. The van der Waals surface area contributed by atoms with Gasteiger partial charge >= 0.3 is 0 Å². The third-order valence-corrected chi connectivity index (χ3v) is 15.1. The number of aromatic nitrogens is 2. The minimum Gasteiger partial charge on any atom is -0.309 e. The van der Waals surface area contributed by atoms with Crippen molar-refractivity contribution in [2.24, 2.45) is 0 Å². The summed E-state index contributed by atoms with van der Waals surface area (Å²) in [4.78, 5) is 4.99. The molecule has 13 aromatic rings. The molecule has 0 saturated carbocycles. The van der Waals surface area contributed by atoms with Crippen LogP contribution in [0, 0.1) is 0 Å². The van der Waals surface area contributed by atoms with Gasteiger partial charge in [-0.15, -0.1) is 0 Å². The van der Waals surface area contributed by atoms with Crippen LogP contribution in [-0.4, -0.2) is 9.13 Å². The van der Waals surface area contributed by atoms with Crippen LogP contribution >= 0.6 is 0 Å². The number of benzene rings is 11. The molecule has 11 aromatic carbocycles. The second-order valence-corrected chi connectivity index (χ2v) is 21.8. The summed E-state index contributed by atoms with van der Waals surface area (Å²) < 4.78 is 4.84. The number of anilines is 6. The van der Waals surface area contributed by atoms with Gasteiger partial charge in [-0.05, 0) is 131 Å². The Morgan fingerprint density at radius 2 is 0.541 bits per heavy atom. The lowest BCUT2D eigenvalue weighted by atomic mass is 9.86. The van der Waals surface area contributed by atoms with E-state index in [1.165, 1.54) is 54.7 Å². The zero-order valence-corrected chi connectivity index (χ0v) is 42.9. The molecule has 0 aliphatic rings. The molecule has 74 heavy (non-hydrogen) atoms. The summed E-state index contributed by atoms with van der Waals surface area (Å²) >= 11 is 0. The molecular weight excluding hydrogens is 897 g/mol. The Hall–Kier alpha value is -8.86. The Morgan fingerprint density at radius 1 is 0.257 bits per heavy atom. The molecule has 4 nitrogen and oxygen atoms in total. The van der Waals surface area contributed by atoms with E-state index in [4.69, 9.17) is 0 Å². The van der Waals surface area contributed by atoms with Crippen LogP contribution in [0.5, 0.6) is 0 Å². The van der Waals surface area contributed by atoms with Gasteiger partial charge in [0.15, 0.2) is 0 Å². The number of nitrogens with zero attached hydrogens (tertiary/aromatic N) is 4. The van der Waals surface area contributed by atoms with E-state index in [-0.39, 0.29) is 10.8 Å². The lowest BCUT2D eigenvalue weighted by Crippen LogP contribution is -2.14. The highest BCUT2D eigenvalue weighted by Gasteiger charge is 2.28. The highest BCUT2D eigenvalue weighted by molar-refractivity contribution is 6.24. The smallest absolute Gasteiger partial charge is 0.0619 e. The van der Waals surface area contributed by atoms with E-state index in [2.05, 4.69) is 303 Å². The van der Waals surface area contributed by atoms with Gasteiger partial charge in [-0.2, -0.15) is 0 Å². The molecule has 0 bridgehead atoms. The van der Waals surface area contributed by atoms with Crippen molar-refractivity contribution in [1.29, 1.82) is 0 Å². The van der Waals surface area contributed by atoms with Gasteiger partial charge in [0.2, 0.25) is 0 Å². The largest absolute Gasteiger partial charge is 0.309 e. The van der Waals surface area contributed by atoms with E-state index in [1.54, 1.807) is 0 Å². The molecule has 2 heterocycles. The molecule has 0 radical (unpaired) electrons. The molecule has 2 aromatic heterocycles. The topological polar surface area (TPSA) is 16.3 Å². The molecule has 0 saturated heterocycles. The van der Waals surface area contributed by atoms with Gasteiger partial charge in [0.1, 0.15) is 0 Å². The number of hydrogen-bond donors (Lipinski definition) is 0. The summed E-state index contributed by atoms with van der Waals surface area (Å²) in [5.41, 5.74) is 16.3. The minimum absolute atomic E-state index is 0.0150. The maximum Gasteiger partial charge on any atom is 0.0619 e. The summed E-state index contributed by atoms with van der Waals surface area (Å²) in [6.45, 7) is 13.8. The summed E-state index contributed by atoms with van der Waals surface area (Å²) in [6.07, 6.45) is 0. The highest BCUT2D eigenvalue weighted by Crippen LogP contribution is 2.52. The van der Waals surface area contributed by atoms with Crippen LogP contribution in [0.1, 0.15) is 52.7 Å². The Balaban J connectivity index is 1.08. The Labute approximate surface area is 433 Å². The van der Waals surface area contributed by atoms with E-state index in [0.717, 1.165) is 67.0 Å². The van der Waals surface area contributed by atoms with Gasteiger partial charge in [0.25, 0.3) is 0 Å². The first-order valence-electron chi connectivity index (χ1n) is 25.9. The van der Waals surface area contributed by atoms with Crippen molar-refractivity contribution in [3.63, 3.8) is 0 Å². The van der Waals surface area contributed by atoms with Crippen molar-refractivity contribution in [2.45, 2.75) is 52.4 Å². The predicted molar refractivity (Wildman–Crippen MR) is 317 cm³/mol. The zero-order valence-electron chi connectivity index (χ0n) is 42.9. The van der Waals surface area contributed by atoms with Crippen LogP contribution in [0.3, 0.4) is 0 Å². The highest BCUT2D eigenvalue weighted by atomic mass is 15.2. The van der Waals surface area contributed by atoms with Crippen molar-refractivity contribution in [1.82, 2.24) is 9.13 Å². The summed E-state index contributed by atoms with van der Waals surface area (Å²) in [6, 6.07) is 89.7. The number of rotatable bonds is 8. The molecule has 0 fully saturated rings. The fourth-order valence-corrected chi connectivity index (χ4v) is 11.5. The molecule has 0 spiro atoms. The SMILES string of the molecule is CC(C)(C)c1ccc2c(c1)c1cc(N(c3ccccc3)c3c4ccccc4c(N(c4ccccc4)c4ccc5c(c4)c4cc(C(C)(C)C)ccc4n5-c4ccccc4)c4ccccc34)ccc1n2-c1ccccc1. The Morgan fingerprint density at radius 3 is 0.865 bits per heavy atom. The van der Waals surface area contributed by atoms with Crippen molar-refractivity contribution < 1.29 is 0 Å². The van der Waals surface area contributed by atoms with Gasteiger partial charge in [-0.1, -0.05) is 175 Å². The maximum absolute atomic E-state index is 2.50. The first-order chi connectivity index (χ1) is 36.0. The second-order valence-electron chi connectivity index (χ2n) is 21.8. The summed E-state index contributed by atoms with van der Waals surface area (Å²) in [7, 11) is 0. The van der Waals surface area contributed by atoms with E-state index in [0.29, 0.717) is 0 Å². The Bertz CT molecular complexity index is 3920. The number of para-hydroxylation sites is 4. The van der Waals surface area contributed by atoms with E-state index in [1.807, 2.05) is 0 Å². The molecular formula is C70H58N4. The molecule has 0 aliphatic carbocycles. The van der Waals surface area contributed by atoms with E-state index in [9.17, 15) is 0 Å². The fraction of sp³-hybridized carbons (Fsp3) is 0.114. The second kappa shape index (κ2) is 17.4. The normalized spacial score (nSPS) is 12.2. The molecule has 0 atom stereocenters. The van der Waals surface area contributed by atoms with Crippen LogP contribution < -0.4 is 9.80 Å². The zero-order chi connectivity index (χ0) is 50.3. The van der Waals surface area contributed by atoms with Gasteiger partial charge in [0.05, 0.1) is 33.4 Å². The van der Waals surface area contributed by atoms with Crippen LogP contribution in [0.25, 0.3) is 76.5 Å². The average molecular weight is 955 g/mol. The number of fused-ring (bicyclic) bond motifs is 8. The monoisotopic (exact) mass is 954 g/mol. The van der Waals surface area contributed by atoms with Gasteiger partial charge < -0.3 is 18.9 Å². The first-order valence-corrected chi connectivity index (χ1v) is 25.9. The molecule has 0 aliphatic heterocycles. The minimum atomic E-state index is -0.0150. The third kappa shape index (κ3) is 7.43. The first kappa shape index (κ1) is 45.0. The number of hydrogen-bond acceptors (Lipinski definition) is 2. The quantitative estimate of drug-likeness (QED) is 0.111. The summed E-state index contributed by atoms with van der Waals surface area (Å²) in [5, 5.41) is 9.55.